The van der Waals surface area contributed by atoms with Gasteiger partial charge in [0.1, 0.15) is 17.3 Å². The molecule has 1 heterocycles. The predicted molar refractivity (Wildman–Crippen MR) is 91.0 cm³/mol. The molecule has 1 saturated heterocycles. The van der Waals surface area contributed by atoms with Gasteiger partial charge in [0, 0.05) is 12.6 Å². The number of nitrogens with zero attached hydrogens (tertiary/aromatic N) is 3. The number of non-ortho nitro benzene ring substituents is 1. The third kappa shape index (κ3) is 4.49. The first-order chi connectivity index (χ1) is 12.7. The van der Waals surface area contributed by atoms with Crippen LogP contribution in [-0.2, 0) is 15.7 Å². The average molecular weight is 405 g/mol. The largest absolute Gasteiger partial charge is 0.458 e. The zero-order valence-corrected chi connectivity index (χ0v) is 15.3. The molecular weight excluding hydrogens is 387 g/mol. The summed E-state index contributed by atoms with van der Waals surface area (Å²) in [7, 11) is 0. The molecule has 1 aliphatic rings. The summed E-state index contributed by atoms with van der Waals surface area (Å²) in [6.45, 7) is 4.69. The van der Waals surface area contributed by atoms with Gasteiger partial charge in [-0.05, 0) is 33.6 Å². The van der Waals surface area contributed by atoms with Gasteiger partial charge >= 0.3 is 12.1 Å². The van der Waals surface area contributed by atoms with Crippen molar-refractivity contribution in [1.29, 1.82) is 0 Å². The molecule has 154 valence electrons. The molecule has 0 saturated carbocycles. The van der Waals surface area contributed by atoms with E-state index in [1.165, 1.54) is 0 Å². The van der Waals surface area contributed by atoms with E-state index in [9.17, 15) is 38.2 Å². The van der Waals surface area contributed by atoms with Crippen LogP contribution in [0.25, 0.3) is 0 Å². The van der Waals surface area contributed by atoms with Crippen LogP contribution in [-0.4, -0.2) is 34.0 Å². The monoisotopic (exact) mass is 405 g/mol. The molecule has 0 aromatic heterocycles. The molecule has 0 radical (unpaired) electrons. The van der Waals surface area contributed by atoms with Crippen molar-refractivity contribution in [3.8, 4) is 0 Å². The number of benzene rings is 1. The van der Waals surface area contributed by atoms with Crippen molar-refractivity contribution >= 4 is 23.0 Å². The predicted octanol–water partition coefficient (Wildman–Crippen LogP) is 3.83. The smallest absolute Gasteiger partial charge is 0.418 e. The van der Waals surface area contributed by atoms with E-state index in [0.717, 1.165) is 4.90 Å². The lowest BCUT2D eigenvalue weighted by Crippen LogP contribution is -2.41. The number of carbonyl (C=O) groups excluding carboxylic acids is 1. The van der Waals surface area contributed by atoms with E-state index >= 15 is 0 Å². The van der Waals surface area contributed by atoms with Crippen molar-refractivity contribution in [2.45, 2.75) is 51.4 Å². The van der Waals surface area contributed by atoms with Crippen LogP contribution in [0, 0.1) is 20.2 Å². The van der Waals surface area contributed by atoms with Crippen LogP contribution in [0.1, 0.15) is 39.2 Å². The van der Waals surface area contributed by atoms with Crippen molar-refractivity contribution < 1.29 is 32.5 Å². The van der Waals surface area contributed by atoms with Gasteiger partial charge in [0.2, 0.25) is 0 Å². The Bertz CT molecular complexity index is 819. The van der Waals surface area contributed by atoms with Crippen LogP contribution >= 0.6 is 0 Å². The minimum atomic E-state index is -5.10. The van der Waals surface area contributed by atoms with Gasteiger partial charge in [0.05, 0.1) is 21.5 Å². The molecule has 2 rings (SSSR count). The number of carbonyl (C=O) groups is 1. The van der Waals surface area contributed by atoms with E-state index in [2.05, 4.69) is 0 Å². The summed E-state index contributed by atoms with van der Waals surface area (Å²) >= 11 is 0. The molecule has 9 nitrogen and oxygen atoms in total. The van der Waals surface area contributed by atoms with Crippen LogP contribution in [0.2, 0.25) is 0 Å². The molecule has 1 aromatic rings. The third-order valence-corrected chi connectivity index (χ3v) is 4.01. The van der Waals surface area contributed by atoms with Crippen LogP contribution in [0.4, 0.5) is 30.2 Å². The van der Waals surface area contributed by atoms with Crippen LogP contribution in [0.15, 0.2) is 12.1 Å². The van der Waals surface area contributed by atoms with Gasteiger partial charge < -0.3 is 9.64 Å². The van der Waals surface area contributed by atoms with Gasteiger partial charge in [0.15, 0.2) is 0 Å². The Labute approximate surface area is 157 Å². The van der Waals surface area contributed by atoms with Crippen LogP contribution in [0.3, 0.4) is 0 Å². The number of rotatable bonds is 4. The fourth-order valence-electron chi connectivity index (χ4n) is 3.02. The summed E-state index contributed by atoms with van der Waals surface area (Å²) in [6, 6.07) is -0.456. The van der Waals surface area contributed by atoms with Crippen molar-refractivity contribution in [2.75, 3.05) is 11.4 Å². The molecule has 0 aliphatic carbocycles. The summed E-state index contributed by atoms with van der Waals surface area (Å²) in [5, 5.41) is 22.4. The van der Waals surface area contributed by atoms with Crippen molar-refractivity contribution in [2.24, 2.45) is 0 Å². The first kappa shape index (κ1) is 21.4. The van der Waals surface area contributed by atoms with Gasteiger partial charge in [-0.25, -0.2) is 4.79 Å². The fourth-order valence-corrected chi connectivity index (χ4v) is 3.02. The molecule has 1 atom stereocenters. The van der Waals surface area contributed by atoms with Gasteiger partial charge in [0.25, 0.3) is 11.4 Å². The topological polar surface area (TPSA) is 116 Å². The summed E-state index contributed by atoms with van der Waals surface area (Å²) in [4.78, 5) is 33.5. The Hall–Kier alpha value is -2.92. The Morgan fingerprint density at radius 2 is 1.79 bits per heavy atom. The first-order valence-corrected chi connectivity index (χ1v) is 8.26. The Balaban J connectivity index is 2.66. The molecule has 1 aliphatic heterocycles. The highest BCUT2D eigenvalue weighted by Gasteiger charge is 2.45. The van der Waals surface area contributed by atoms with Gasteiger partial charge in [-0.3, -0.25) is 20.2 Å². The van der Waals surface area contributed by atoms with E-state index in [1.54, 1.807) is 20.8 Å². The maximum Gasteiger partial charge on any atom is 0.418 e. The summed E-state index contributed by atoms with van der Waals surface area (Å²) in [5.41, 5.74) is -5.45. The second-order valence-corrected chi connectivity index (χ2v) is 7.26. The second-order valence-electron chi connectivity index (χ2n) is 7.26. The van der Waals surface area contributed by atoms with E-state index in [-0.39, 0.29) is 19.0 Å². The highest BCUT2D eigenvalue weighted by Crippen LogP contribution is 2.46. The Morgan fingerprint density at radius 3 is 2.25 bits per heavy atom. The fraction of sp³-hybridized carbons (Fsp3) is 0.562. The molecule has 0 bridgehead atoms. The number of halogens is 3. The minimum Gasteiger partial charge on any atom is -0.458 e. The zero-order valence-electron chi connectivity index (χ0n) is 15.3. The van der Waals surface area contributed by atoms with Gasteiger partial charge in [-0.15, -0.1) is 0 Å². The van der Waals surface area contributed by atoms with Crippen molar-refractivity contribution in [3.05, 3.63) is 37.9 Å². The lowest BCUT2D eigenvalue weighted by Gasteiger charge is -2.30. The number of hydrogen-bond donors (Lipinski definition) is 0. The van der Waals surface area contributed by atoms with Crippen LogP contribution < -0.4 is 4.90 Å². The number of esters is 1. The zero-order chi connectivity index (χ0) is 21.4. The highest BCUT2D eigenvalue weighted by molar-refractivity contribution is 5.84. The molecule has 0 spiro atoms. The van der Waals surface area contributed by atoms with Crippen molar-refractivity contribution in [1.82, 2.24) is 0 Å². The van der Waals surface area contributed by atoms with E-state index in [0.29, 0.717) is 12.5 Å². The molecule has 0 N–H and O–H groups in total. The molecule has 0 unspecified atom stereocenters. The third-order valence-electron chi connectivity index (χ3n) is 4.01. The molecule has 1 fully saturated rings. The SMILES string of the molecule is CC(C)(C)OC(=O)[C@@H]1CCCN1c1c([N+](=O)[O-])cc([N+](=O)[O-])cc1C(F)(F)F. The highest BCUT2D eigenvalue weighted by atomic mass is 19.4. The molecule has 0 amide bonds. The Morgan fingerprint density at radius 1 is 1.18 bits per heavy atom. The van der Waals surface area contributed by atoms with Crippen molar-refractivity contribution in [3.63, 3.8) is 0 Å². The quantitative estimate of drug-likeness (QED) is 0.425. The Kier molecular flexibility index (Phi) is 5.53. The van der Waals surface area contributed by atoms with E-state index in [1.807, 2.05) is 0 Å². The summed E-state index contributed by atoms with van der Waals surface area (Å²) < 4.78 is 46.0. The standard InChI is InChI=1S/C16H18F3N3O6/c1-15(2,3)28-14(23)11-5-4-6-20(11)13-10(16(17,18)19)7-9(21(24)25)8-12(13)22(26)27/h7-8,11H,4-6H2,1-3H3/t11-/m0/s1. The molecular formula is C16H18F3N3O6. The van der Waals surface area contributed by atoms with Gasteiger partial charge in [-0.1, -0.05) is 0 Å². The normalized spacial score (nSPS) is 17.5. The number of ether oxygens (including phenoxy) is 1. The number of nitro groups is 2. The summed E-state index contributed by atoms with van der Waals surface area (Å²) in [6.07, 6.45) is -4.66. The number of anilines is 1. The van der Waals surface area contributed by atoms with E-state index in [4.69, 9.17) is 4.74 Å². The first-order valence-electron chi connectivity index (χ1n) is 8.26. The second kappa shape index (κ2) is 7.24. The number of hydrogen-bond acceptors (Lipinski definition) is 7. The van der Waals surface area contributed by atoms with E-state index < -0.39 is 56.3 Å². The molecule has 28 heavy (non-hydrogen) atoms. The van der Waals surface area contributed by atoms with Gasteiger partial charge in [-0.2, -0.15) is 13.2 Å². The lowest BCUT2D eigenvalue weighted by atomic mass is 10.1. The lowest BCUT2D eigenvalue weighted by molar-refractivity contribution is -0.394. The number of alkyl halides is 3. The minimum absolute atomic E-state index is 0.0638. The molecule has 12 heteroatoms. The summed E-state index contributed by atoms with van der Waals surface area (Å²) in [5.74, 6) is -0.814. The maximum atomic E-state index is 13.6. The maximum absolute atomic E-state index is 13.6. The van der Waals surface area contributed by atoms with Crippen LogP contribution in [0.5, 0.6) is 0 Å². The molecule has 1 aromatic carbocycles. The average Bonchev–Trinajstić information content (AvgIpc) is 3.00. The number of nitro benzene ring substituents is 2.